The van der Waals surface area contributed by atoms with E-state index in [1.165, 1.54) is 5.56 Å². The summed E-state index contributed by atoms with van der Waals surface area (Å²) in [5, 5.41) is 0. The van der Waals surface area contributed by atoms with Gasteiger partial charge in [0.1, 0.15) is 17.4 Å². The molecule has 3 atom stereocenters. The molecule has 0 saturated carbocycles. The number of hydrogen-bond acceptors (Lipinski definition) is 6. The van der Waals surface area contributed by atoms with Gasteiger partial charge in [-0.3, -0.25) is 14.6 Å². The van der Waals surface area contributed by atoms with Crippen molar-refractivity contribution in [2.24, 2.45) is 0 Å². The maximum absolute atomic E-state index is 13.4. The summed E-state index contributed by atoms with van der Waals surface area (Å²) in [6, 6.07) is 20.5. The van der Waals surface area contributed by atoms with Crippen LogP contribution < -0.4 is 0 Å². The van der Waals surface area contributed by atoms with E-state index in [0.29, 0.717) is 19.5 Å². The molecular weight excluding hydrogens is 516 g/mol. The minimum atomic E-state index is -0.830. The minimum absolute atomic E-state index is 0.0266. The van der Waals surface area contributed by atoms with Gasteiger partial charge in [-0.2, -0.15) is 0 Å². The summed E-state index contributed by atoms with van der Waals surface area (Å²) < 4.78 is 18.0. The first kappa shape index (κ1) is 32.6. The highest BCUT2D eigenvalue weighted by Crippen LogP contribution is 2.34. The summed E-state index contributed by atoms with van der Waals surface area (Å²) in [6.45, 7) is 16.7. The van der Waals surface area contributed by atoms with Crippen molar-refractivity contribution in [2.45, 2.75) is 123 Å². The Kier molecular flexibility index (Phi) is 11.4. The second kappa shape index (κ2) is 14.3. The number of rotatable bonds is 12. The number of amides is 1. The van der Waals surface area contributed by atoms with Gasteiger partial charge in [0.25, 0.3) is 0 Å². The van der Waals surface area contributed by atoms with Gasteiger partial charge in [0.2, 0.25) is 0 Å². The number of carbonyl (C=O) groups is 2. The molecule has 226 valence electrons. The van der Waals surface area contributed by atoms with Crippen LogP contribution in [0.3, 0.4) is 0 Å². The van der Waals surface area contributed by atoms with Crippen molar-refractivity contribution < 1.29 is 23.8 Å². The Hall–Kier alpha value is -2.90. The average molecular weight is 567 g/mol. The number of nitrogens with zero attached hydrogens (tertiary/aromatic N) is 2. The molecule has 0 spiro atoms. The molecule has 1 aliphatic rings. The molecule has 7 heteroatoms. The van der Waals surface area contributed by atoms with Gasteiger partial charge in [-0.05, 0) is 71.9 Å². The third kappa shape index (κ3) is 9.57. The molecule has 1 heterocycles. The average Bonchev–Trinajstić information content (AvgIpc) is 3.23. The molecule has 0 radical (unpaired) electrons. The fourth-order valence-corrected chi connectivity index (χ4v) is 5.49. The summed E-state index contributed by atoms with van der Waals surface area (Å²) in [7, 11) is 0. The van der Waals surface area contributed by atoms with E-state index < -0.39 is 17.4 Å². The summed E-state index contributed by atoms with van der Waals surface area (Å²) in [6.07, 6.45) is 1.59. The number of hydrogen-bond donors (Lipinski definition) is 0. The van der Waals surface area contributed by atoms with E-state index in [-0.39, 0.29) is 36.7 Å². The molecule has 0 N–H and O–H groups in total. The van der Waals surface area contributed by atoms with E-state index in [1.54, 1.807) is 4.90 Å². The standard InChI is InChI=1S/C34H50N2O5/c1-9-29(10-2)39-31(37)22-28(21-30-24-36(34(7,8)40-30)32(38)41-33(4,5)6)35(23-26-17-13-11-14-18-26)25(3)27-19-15-12-16-20-27/h11-20,25,28-30H,9-10,21-24H2,1-8H3/t25-,28-,30-/m1/s1. The van der Waals surface area contributed by atoms with Crippen LogP contribution >= 0.6 is 0 Å². The van der Waals surface area contributed by atoms with E-state index >= 15 is 0 Å². The molecule has 0 unspecified atom stereocenters. The Labute approximate surface area is 247 Å². The van der Waals surface area contributed by atoms with Crippen LogP contribution in [0.4, 0.5) is 4.79 Å². The predicted octanol–water partition coefficient (Wildman–Crippen LogP) is 7.50. The Morgan fingerprint density at radius 3 is 2.17 bits per heavy atom. The SMILES string of the molecule is CCC(CC)OC(=O)C[C@@H](C[C@@H]1CN(C(=O)OC(C)(C)C)C(C)(C)O1)N(Cc1ccccc1)[C@H](C)c1ccccc1. The van der Waals surface area contributed by atoms with E-state index in [4.69, 9.17) is 14.2 Å². The molecule has 2 aromatic carbocycles. The number of benzene rings is 2. The fourth-order valence-electron chi connectivity index (χ4n) is 5.49. The monoisotopic (exact) mass is 566 g/mol. The van der Waals surface area contributed by atoms with Gasteiger partial charge in [0.15, 0.2) is 0 Å². The number of carbonyl (C=O) groups excluding carboxylic acids is 2. The number of ether oxygens (including phenoxy) is 3. The van der Waals surface area contributed by atoms with Gasteiger partial charge >= 0.3 is 12.1 Å². The van der Waals surface area contributed by atoms with Crippen molar-refractivity contribution in [3.8, 4) is 0 Å². The first-order valence-electron chi connectivity index (χ1n) is 15.1. The zero-order chi connectivity index (χ0) is 30.2. The summed E-state index contributed by atoms with van der Waals surface area (Å²) >= 11 is 0. The molecule has 0 aliphatic carbocycles. The molecule has 0 aromatic heterocycles. The molecule has 1 amide bonds. The predicted molar refractivity (Wildman–Crippen MR) is 162 cm³/mol. The highest BCUT2D eigenvalue weighted by molar-refractivity contribution is 5.70. The van der Waals surface area contributed by atoms with Gasteiger partial charge in [-0.1, -0.05) is 74.5 Å². The van der Waals surface area contributed by atoms with Crippen LogP contribution in [0, 0.1) is 0 Å². The lowest BCUT2D eigenvalue weighted by atomic mass is 9.97. The molecule has 0 bridgehead atoms. The molecule has 1 fully saturated rings. The summed E-state index contributed by atoms with van der Waals surface area (Å²) in [5.74, 6) is -0.205. The van der Waals surface area contributed by atoms with Crippen molar-refractivity contribution in [3.05, 3.63) is 71.8 Å². The topological polar surface area (TPSA) is 68.3 Å². The van der Waals surface area contributed by atoms with E-state index in [1.807, 2.05) is 84.9 Å². The third-order valence-corrected chi connectivity index (χ3v) is 7.71. The van der Waals surface area contributed by atoms with E-state index in [2.05, 4.69) is 36.1 Å². The van der Waals surface area contributed by atoms with Gasteiger partial charge in [0.05, 0.1) is 19.1 Å². The van der Waals surface area contributed by atoms with Crippen LogP contribution in [0.5, 0.6) is 0 Å². The van der Waals surface area contributed by atoms with Crippen molar-refractivity contribution in [1.82, 2.24) is 9.80 Å². The van der Waals surface area contributed by atoms with Crippen molar-refractivity contribution in [1.29, 1.82) is 0 Å². The smallest absolute Gasteiger partial charge is 0.412 e. The van der Waals surface area contributed by atoms with Crippen LogP contribution in [-0.4, -0.2) is 58.0 Å². The lowest BCUT2D eigenvalue weighted by Crippen LogP contribution is -2.46. The molecule has 1 saturated heterocycles. The Bertz CT molecular complexity index is 1100. The Morgan fingerprint density at radius 1 is 1.02 bits per heavy atom. The second-order valence-electron chi connectivity index (χ2n) is 12.5. The van der Waals surface area contributed by atoms with Gasteiger partial charge in [-0.25, -0.2) is 4.79 Å². The Balaban J connectivity index is 1.93. The van der Waals surface area contributed by atoms with Crippen LogP contribution in [0.25, 0.3) is 0 Å². The molecule has 1 aliphatic heterocycles. The molecule has 2 aromatic rings. The third-order valence-electron chi connectivity index (χ3n) is 7.71. The van der Waals surface area contributed by atoms with E-state index in [9.17, 15) is 9.59 Å². The summed E-state index contributed by atoms with van der Waals surface area (Å²) in [4.78, 5) is 30.5. The quantitative estimate of drug-likeness (QED) is 0.248. The van der Waals surface area contributed by atoms with Crippen molar-refractivity contribution in [3.63, 3.8) is 0 Å². The highest BCUT2D eigenvalue weighted by Gasteiger charge is 2.45. The molecule has 41 heavy (non-hydrogen) atoms. The minimum Gasteiger partial charge on any atom is -0.462 e. The largest absolute Gasteiger partial charge is 0.462 e. The Morgan fingerprint density at radius 2 is 1.61 bits per heavy atom. The maximum atomic E-state index is 13.4. The summed E-state index contributed by atoms with van der Waals surface area (Å²) in [5.41, 5.74) is 0.897. The maximum Gasteiger partial charge on any atom is 0.412 e. The number of esters is 1. The second-order valence-corrected chi connectivity index (χ2v) is 12.5. The lowest BCUT2D eigenvalue weighted by molar-refractivity contribution is -0.151. The lowest BCUT2D eigenvalue weighted by Gasteiger charge is -2.38. The first-order chi connectivity index (χ1) is 19.3. The zero-order valence-corrected chi connectivity index (χ0v) is 26.3. The zero-order valence-electron chi connectivity index (χ0n) is 26.3. The van der Waals surface area contributed by atoms with E-state index in [0.717, 1.165) is 18.4 Å². The van der Waals surface area contributed by atoms with Crippen molar-refractivity contribution >= 4 is 12.1 Å². The molecule has 7 nitrogen and oxygen atoms in total. The van der Waals surface area contributed by atoms with Gasteiger partial charge in [0, 0.05) is 18.6 Å². The van der Waals surface area contributed by atoms with Gasteiger partial charge < -0.3 is 14.2 Å². The molecular formula is C34H50N2O5. The van der Waals surface area contributed by atoms with Crippen LogP contribution in [-0.2, 0) is 25.5 Å². The normalized spacial score (nSPS) is 18.4. The highest BCUT2D eigenvalue weighted by atomic mass is 16.6. The van der Waals surface area contributed by atoms with Crippen LogP contribution in [0.2, 0.25) is 0 Å². The van der Waals surface area contributed by atoms with Crippen molar-refractivity contribution in [2.75, 3.05) is 6.54 Å². The fraction of sp³-hybridized carbons (Fsp3) is 0.588. The molecule has 3 rings (SSSR count). The van der Waals surface area contributed by atoms with Gasteiger partial charge in [-0.15, -0.1) is 0 Å². The van der Waals surface area contributed by atoms with Crippen LogP contribution in [0.15, 0.2) is 60.7 Å². The van der Waals surface area contributed by atoms with Crippen LogP contribution in [0.1, 0.15) is 98.2 Å². The first-order valence-corrected chi connectivity index (χ1v) is 15.1.